The first-order valence-electron chi connectivity index (χ1n) is 4.70. The van der Waals surface area contributed by atoms with Crippen molar-refractivity contribution in [3.63, 3.8) is 0 Å². The molecule has 2 heteroatoms. The average Bonchev–Trinajstić information content (AvgIpc) is 2.14. The Hall–Kier alpha value is -0.600. The van der Waals surface area contributed by atoms with Crippen LogP contribution in [0.1, 0.15) is 19.8 Å². The van der Waals surface area contributed by atoms with Gasteiger partial charge in [0, 0.05) is 7.11 Å². The highest BCUT2D eigenvalue weighted by molar-refractivity contribution is 5.21. The van der Waals surface area contributed by atoms with E-state index in [0.717, 1.165) is 12.8 Å². The lowest BCUT2D eigenvalue weighted by atomic mass is 9.88. The summed E-state index contributed by atoms with van der Waals surface area (Å²) in [6.07, 6.45) is 6.47. The first kappa shape index (κ1) is 10.5. The topological polar surface area (TPSA) is 18.5 Å². The summed E-state index contributed by atoms with van der Waals surface area (Å²) in [4.78, 5) is 0. The van der Waals surface area contributed by atoms with E-state index in [-0.39, 0.29) is 6.10 Å². The second kappa shape index (κ2) is 5.20. The zero-order valence-corrected chi connectivity index (χ0v) is 8.45. The summed E-state index contributed by atoms with van der Waals surface area (Å²) in [6.45, 7) is 6.39. The van der Waals surface area contributed by atoms with Crippen molar-refractivity contribution in [1.82, 2.24) is 0 Å². The van der Waals surface area contributed by atoms with Gasteiger partial charge in [0.05, 0.1) is 6.10 Å². The van der Waals surface area contributed by atoms with Crippen LogP contribution in [-0.4, -0.2) is 20.0 Å². The number of hydrogen-bond acceptors (Lipinski definition) is 2. The van der Waals surface area contributed by atoms with Crippen molar-refractivity contribution in [1.29, 1.82) is 0 Å². The second-order valence-electron chi connectivity index (χ2n) is 3.60. The van der Waals surface area contributed by atoms with Crippen LogP contribution in [0.5, 0.6) is 0 Å². The van der Waals surface area contributed by atoms with Crippen LogP contribution in [0.15, 0.2) is 24.3 Å². The van der Waals surface area contributed by atoms with Gasteiger partial charge in [0.15, 0.2) is 0 Å². The monoisotopic (exact) mass is 182 g/mol. The van der Waals surface area contributed by atoms with Gasteiger partial charge in [0.25, 0.3) is 0 Å². The van der Waals surface area contributed by atoms with Crippen LogP contribution in [0.2, 0.25) is 0 Å². The Kier molecular flexibility index (Phi) is 4.19. The molecule has 1 aliphatic carbocycles. The Labute approximate surface area is 80.2 Å². The first-order chi connectivity index (χ1) is 6.26. The van der Waals surface area contributed by atoms with Crippen LogP contribution in [0, 0.1) is 5.92 Å². The van der Waals surface area contributed by atoms with E-state index in [4.69, 9.17) is 9.47 Å². The maximum absolute atomic E-state index is 5.49. The summed E-state index contributed by atoms with van der Waals surface area (Å²) < 4.78 is 10.4. The molecule has 0 unspecified atom stereocenters. The molecule has 0 aromatic carbocycles. The average molecular weight is 182 g/mol. The van der Waals surface area contributed by atoms with Gasteiger partial charge in [-0.2, -0.15) is 0 Å². The maximum atomic E-state index is 5.49. The molecule has 2 nitrogen and oxygen atoms in total. The molecule has 2 atom stereocenters. The van der Waals surface area contributed by atoms with E-state index in [1.807, 2.05) is 6.08 Å². The molecule has 0 aromatic rings. The molecule has 0 radical (unpaired) electrons. The summed E-state index contributed by atoms with van der Waals surface area (Å²) in [5.41, 5.74) is 1.29. The molecule has 13 heavy (non-hydrogen) atoms. The smallest absolute Gasteiger partial charge is 0.147 e. The number of allylic oxidation sites excluding steroid dienone is 2. The number of rotatable bonds is 4. The fraction of sp³-hybridized carbons (Fsp3) is 0.636. The SMILES string of the molecule is C=CC1=C[C@@H](OCOC)C[C@@H](C)C1. The predicted molar refractivity (Wildman–Crippen MR) is 53.4 cm³/mol. The Morgan fingerprint density at radius 2 is 2.46 bits per heavy atom. The van der Waals surface area contributed by atoms with E-state index in [9.17, 15) is 0 Å². The van der Waals surface area contributed by atoms with Crippen molar-refractivity contribution in [2.75, 3.05) is 13.9 Å². The fourth-order valence-corrected chi connectivity index (χ4v) is 1.68. The van der Waals surface area contributed by atoms with Gasteiger partial charge in [-0.05, 0) is 24.3 Å². The molecule has 1 rings (SSSR count). The van der Waals surface area contributed by atoms with Gasteiger partial charge in [-0.1, -0.05) is 25.7 Å². The van der Waals surface area contributed by atoms with E-state index < -0.39 is 0 Å². The molecule has 0 bridgehead atoms. The molecule has 0 heterocycles. The lowest BCUT2D eigenvalue weighted by Gasteiger charge is -2.24. The van der Waals surface area contributed by atoms with Crippen molar-refractivity contribution in [2.24, 2.45) is 5.92 Å². The Morgan fingerprint density at radius 3 is 3.08 bits per heavy atom. The van der Waals surface area contributed by atoms with Crippen LogP contribution < -0.4 is 0 Å². The Morgan fingerprint density at radius 1 is 1.69 bits per heavy atom. The Balaban J connectivity index is 2.49. The van der Waals surface area contributed by atoms with E-state index in [1.54, 1.807) is 7.11 Å². The molecule has 0 saturated carbocycles. The van der Waals surface area contributed by atoms with Crippen molar-refractivity contribution >= 4 is 0 Å². The third-order valence-electron chi connectivity index (χ3n) is 2.28. The van der Waals surface area contributed by atoms with Gasteiger partial charge >= 0.3 is 0 Å². The molecule has 0 aliphatic heterocycles. The largest absolute Gasteiger partial charge is 0.359 e. The van der Waals surface area contributed by atoms with E-state index in [0.29, 0.717) is 12.7 Å². The first-order valence-corrected chi connectivity index (χ1v) is 4.70. The van der Waals surface area contributed by atoms with Gasteiger partial charge in [0.1, 0.15) is 6.79 Å². The van der Waals surface area contributed by atoms with Crippen molar-refractivity contribution in [2.45, 2.75) is 25.9 Å². The molecule has 0 aromatic heterocycles. The van der Waals surface area contributed by atoms with Crippen LogP contribution in [0.25, 0.3) is 0 Å². The number of ether oxygens (including phenoxy) is 2. The zero-order chi connectivity index (χ0) is 9.68. The Bertz CT molecular complexity index is 196. The molecule has 0 saturated heterocycles. The third kappa shape index (κ3) is 3.33. The maximum Gasteiger partial charge on any atom is 0.147 e. The van der Waals surface area contributed by atoms with E-state index >= 15 is 0 Å². The predicted octanol–water partition coefficient (Wildman–Crippen LogP) is 2.52. The van der Waals surface area contributed by atoms with Gasteiger partial charge in [-0.3, -0.25) is 0 Å². The summed E-state index contributed by atoms with van der Waals surface area (Å²) in [5, 5.41) is 0. The molecular formula is C11H18O2. The summed E-state index contributed by atoms with van der Waals surface area (Å²) in [5.74, 6) is 0.680. The minimum absolute atomic E-state index is 0.205. The van der Waals surface area contributed by atoms with Crippen LogP contribution in [-0.2, 0) is 9.47 Å². The summed E-state index contributed by atoms with van der Waals surface area (Å²) in [6, 6.07) is 0. The molecule has 0 amide bonds. The standard InChI is InChI=1S/C11H18O2/c1-4-10-5-9(2)6-11(7-10)13-8-12-3/h4,7,9,11H,1,5-6,8H2,2-3H3/t9-,11-/m0/s1. The zero-order valence-electron chi connectivity index (χ0n) is 8.45. The number of methoxy groups -OCH3 is 1. The molecule has 74 valence electrons. The summed E-state index contributed by atoms with van der Waals surface area (Å²) >= 11 is 0. The quantitative estimate of drug-likeness (QED) is 0.622. The van der Waals surface area contributed by atoms with Crippen molar-refractivity contribution in [3.8, 4) is 0 Å². The van der Waals surface area contributed by atoms with Crippen LogP contribution >= 0.6 is 0 Å². The molecule has 0 fully saturated rings. The highest BCUT2D eigenvalue weighted by atomic mass is 16.7. The molecular weight excluding hydrogens is 164 g/mol. The van der Waals surface area contributed by atoms with Crippen molar-refractivity contribution < 1.29 is 9.47 Å². The fourth-order valence-electron chi connectivity index (χ4n) is 1.68. The molecule has 1 aliphatic rings. The minimum Gasteiger partial charge on any atom is -0.359 e. The van der Waals surface area contributed by atoms with Crippen molar-refractivity contribution in [3.05, 3.63) is 24.3 Å². The van der Waals surface area contributed by atoms with Crippen LogP contribution in [0.3, 0.4) is 0 Å². The lowest BCUT2D eigenvalue weighted by Crippen LogP contribution is -2.20. The van der Waals surface area contributed by atoms with Gasteiger partial charge in [-0.15, -0.1) is 0 Å². The third-order valence-corrected chi connectivity index (χ3v) is 2.28. The van der Waals surface area contributed by atoms with Crippen LogP contribution in [0.4, 0.5) is 0 Å². The highest BCUT2D eigenvalue weighted by Gasteiger charge is 2.18. The summed E-state index contributed by atoms with van der Waals surface area (Å²) in [7, 11) is 1.64. The second-order valence-corrected chi connectivity index (χ2v) is 3.60. The van der Waals surface area contributed by atoms with E-state index in [2.05, 4.69) is 19.6 Å². The highest BCUT2D eigenvalue weighted by Crippen LogP contribution is 2.25. The van der Waals surface area contributed by atoms with Gasteiger partial charge in [-0.25, -0.2) is 0 Å². The van der Waals surface area contributed by atoms with E-state index in [1.165, 1.54) is 5.57 Å². The van der Waals surface area contributed by atoms with Gasteiger partial charge < -0.3 is 9.47 Å². The normalized spacial score (nSPS) is 28.3. The molecule has 0 spiro atoms. The van der Waals surface area contributed by atoms with Gasteiger partial charge in [0.2, 0.25) is 0 Å². The minimum atomic E-state index is 0.205. The number of hydrogen-bond donors (Lipinski definition) is 0. The molecule has 0 N–H and O–H groups in total. The lowest BCUT2D eigenvalue weighted by molar-refractivity contribution is -0.0628.